The molecule has 8 nitrogen and oxygen atoms in total. The Morgan fingerprint density at radius 1 is 0.868 bits per heavy atom. The fraction of sp³-hybridized carbons (Fsp3) is 0.233. The van der Waals surface area contributed by atoms with Crippen molar-refractivity contribution in [3.63, 3.8) is 0 Å². The number of oxazole rings is 1. The first-order valence-corrected chi connectivity index (χ1v) is 12.8. The van der Waals surface area contributed by atoms with Gasteiger partial charge in [-0.25, -0.2) is 15.0 Å². The molecule has 0 bridgehead atoms. The molecule has 190 valence electrons. The van der Waals surface area contributed by atoms with E-state index in [0.717, 1.165) is 28.1 Å². The van der Waals surface area contributed by atoms with E-state index in [1.807, 2.05) is 60.7 Å². The third kappa shape index (κ3) is 4.72. The number of hydrogen-bond donors (Lipinski definition) is 1. The van der Waals surface area contributed by atoms with Crippen molar-refractivity contribution in [3.8, 4) is 11.3 Å². The maximum atomic E-state index is 13.2. The van der Waals surface area contributed by atoms with Crippen LogP contribution in [0.5, 0.6) is 0 Å². The Labute approximate surface area is 219 Å². The van der Waals surface area contributed by atoms with Crippen LogP contribution in [0.2, 0.25) is 0 Å². The van der Waals surface area contributed by atoms with Crippen molar-refractivity contribution in [2.45, 2.75) is 31.6 Å². The Kier molecular flexibility index (Phi) is 6.29. The molecule has 1 aliphatic heterocycles. The lowest BCUT2D eigenvalue weighted by atomic mass is 9.98. The molecule has 1 saturated heterocycles. The first-order valence-electron chi connectivity index (χ1n) is 12.8. The summed E-state index contributed by atoms with van der Waals surface area (Å²) in [5.74, 6) is -0.111. The monoisotopic (exact) mass is 506 g/mol. The van der Waals surface area contributed by atoms with Gasteiger partial charge in [0, 0.05) is 30.6 Å². The molecule has 0 unspecified atom stereocenters. The molecular formula is C30H26N4O4. The van der Waals surface area contributed by atoms with Crippen LogP contribution in [-0.2, 0) is 11.2 Å². The number of unbranched alkanes of at least 4 members (excludes halogenated alkanes) is 1. The highest BCUT2D eigenvalue weighted by Crippen LogP contribution is 2.31. The molecule has 2 aromatic heterocycles. The van der Waals surface area contributed by atoms with Gasteiger partial charge in [0.2, 0.25) is 5.89 Å². The van der Waals surface area contributed by atoms with Gasteiger partial charge in [0.15, 0.2) is 5.58 Å². The Balaban J connectivity index is 1.22. The number of aryl methyl sites for hydroxylation is 1. The average Bonchev–Trinajstić information content (AvgIpc) is 3.33. The molecule has 3 aromatic carbocycles. The zero-order valence-corrected chi connectivity index (χ0v) is 20.7. The van der Waals surface area contributed by atoms with E-state index in [4.69, 9.17) is 19.5 Å². The number of carbonyl (C=O) groups is 2. The summed E-state index contributed by atoms with van der Waals surface area (Å²) in [5.41, 5.74) is 6.06. The standard InChI is InChI=1S/C30H26N4O4/c35-27(36)13-7-5-11-24-28(19-8-2-1-3-9-19)32-22-15-14-20(16-25(22)31-24)30(37)34-17-21(18-34)29-33-23-10-4-6-12-26(23)38-29/h1-4,6,8-10,12,14-16,21H,5,7,11,13,17-18H2,(H,35,36). The summed E-state index contributed by atoms with van der Waals surface area (Å²) in [7, 11) is 0. The SMILES string of the molecule is O=C(O)CCCCc1nc2cc(C(=O)N3CC(c4nc5ccccc5o4)C3)ccc2nc1-c1ccccc1. The number of nitrogens with zero attached hydrogens (tertiary/aromatic N) is 4. The number of aliphatic carboxylic acids is 1. The van der Waals surface area contributed by atoms with E-state index in [0.29, 0.717) is 54.8 Å². The maximum absolute atomic E-state index is 13.2. The summed E-state index contributed by atoms with van der Waals surface area (Å²) < 4.78 is 5.88. The molecule has 0 aliphatic carbocycles. The van der Waals surface area contributed by atoms with Crippen LogP contribution in [0.4, 0.5) is 0 Å². The van der Waals surface area contributed by atoms with Crippen molar-refractivity contribution < 1.29 is 19.1 Å². The van der Waals surface area contributed by atoms with E-state index in [9.17, 15) is 9.59 Å². The van der Waals surface area contributed by atoms with E-state index in [2.05, 4.69) is 4.98 Å². The smallest absolute Gasteiger partial charge is 0.303 e. The highest BCUT2D eigenvalue weighted by molar-refractivity contribution is 5.98. The second-order valence-electron chi connectivity index (χ2n) is 9.62. The summed E-state index contributed by atoms with van der Waals surface area (Å²) >= 11 is 0. The molecule has 6 rings (SSSR count). The molecule has 8 heteroatoms. The molecular weight excluding hydrogens is 480 g/mol. The van der Waals surface area contributed by atoms with Gasteiger partial charge in [0.05, 0.1) is 28.3 Å². The van der Waals surface area contributed by atoms with E-state index in [1.165, 1.54) is 0 Å². The number of likely N-dealkylation sites (tertiary alicyclic amines) is 1. The third-order valence-corrected chi connectivity index (χ3v) is 6.91. The van der Waals surface area contributed by atoms with E-state index in [1.54, 1.807) is 17.0 Å². The first-order chi connectivity index (χ1) is 18.5. The minimum Gasteiger partial charge on any atom is -0.481 e. The largest absolute Gasteiger partial charge is 0.481 e. The molecule has 0 atom stereocenters. The molecule has 0 radical (unpaired) electrons. The van der Waals surface area contributed by atoms with Crippen LogP contribution in [0.3, 0.4) is 0 Å². The van der Waals surface area contributed by atoms with Gasteiger partial charge in [0.25, 0.3) is 5.91 Å². The molecule has 38 heavy (non-hydrogen) atoms. The Morgan fingerprint density at radius 3 is 2.45 bits per heavy atom. The van der Waals surface area contributed by atoms with Crippen LogP contribution in [0, 0.1) is 0 Å². The Morgan fingerprint density at radius 2 is 1.66 bits per heavy atom. The maximum Gasteiger partial charge on any atom is 0.303 e. The summed E-state index contributed by atoms with van der Waals surface area (Å²) in [6.45, 7) is 1.11. The predicted molar refractivity (Wildman–Crippen MR) is 143 cm³/mol. The van der Waals surface area contributed by atoms with Crippen molar-refractivity contribution in [1.82, 2.24) is 19.9 Å². The van der Waals surface area contributed by atoms with Crippen molar-refractivity contribution >= 4 is 34.0 Å². The lowest BCUT2D eigenvalue weighted by Gasteiger charge is -2.37. The van der Waals surface area contributed by atoms with Crippen molar-refractivity contribution in [2.24, 2.45) is 0 Å². The van der Waals surface area contributed by atoms with Gasteiger partial charge in [-0.3, -0.25) is 9.59 Å². The molecule has 1 amide bonds. The van der Waals surface area contributed by atoms with Gasteiger partial charge in [-0.15, -0.1) is 0 Å². The summed E-state index contributed by atoms with van der Waals surface area (Å²) in [5, 5.41) is 8.98. The van der Waals surface area contributed by atoms with Crippen molar-refractivity contribution in [1.29, 1.82) is 0 Å². The normalized spacial score (nSPS) is 13.6. The van der Waals surface area contributed by atoms with Gasteiger partial charge in [-0.1, -0.05) is 42.5 Å². The van der Waals surface area contributed by atoms with Crippen LogP contribution >= 0.6 is 0 Å². The molecule has 5 aromatic rings. The number of amides is 1. The van der Waals surface area contributed by atoms with Crippen LogP contribution in [-0.4, -0.2) is 49.9 Å². The number of aromatic nitrogens is 3. The van der Waals surface area contributed by atoms with Crippen molar-refractivity contribution in [3.05, 3.63) is 89.9 Å². The summed E-state index contributed by atoms with van der Waals surface area (Å²) in [4.78, 5) is 40.3. The third-order valence-electron chi connectivity index (χ3n) is 6.91. The Hall–Kier alpha value is -4.59. The van der Waals surface area contributed by atoms with Gasteiger partial charge < -0.3 is 14.4 Å². The average molecular weight is 507 g/mol. The summed E-state index contributed by atoms with van der Waals surface area (Å²) in [6.07, 6.45) is 1.99. The van der Waals surface area contributed by atoms with E-state index >= 15 is 0 Å². The van der Waals surface area contributed by atoms with Gasteiger partial charge in [0.1, 0.15) is 5.52 Å². The minimum absolute atomic E-state index is 0.0591. The lowest BCUT2D eigenvalue weighted by molar-refractivity contribution is -0.137. The molecule has 3 heterocycles. The highest BCUT2D eigenvalue weighted by Gasteiger charge is 2.35. The van der Waals surface area contributed by atoms with Gasteiger partial charge in [-0.05, 0) is 49.6 Å². The molecule has 1 N–H and O–H groups in total. The number of fused-ring (bicyclic) bond motifs is 2. The zero-order valence-electron chi connectivity index (χ0n) is 20.7. The highest BCUT2D eigenvalue weighted by atomic mass is 16.4. The summed E-state index contributed by atoms with van der Waals surface area (Å²) in [6, 6.07) is 22.9. The zero-order chi connectivity index (χ0) is 26.1. The number of carbonyl (C=O) groups excluding carboxylic acids is 1. The van der Waals surface area contributed by atoms with Crippen LogP contribution in [0.25, 0.3) is 33.4 Å². The van der Waals surface area contributed by atoms with Crippen LogP contribution in [0.15, 0.2) is 77.2 Å². The predicted octanol–water partition coefficient (Wildman–Crippen LogP) is 5.48. The molecule has 0 saturated carbocycles. The second-order valence-corrected chi connectivity index (χ2v) is 9.62. The Bertz CT molecular complexity index is 1610. The number of benzene rings is 3. The second kappa shape index (κ2) is 10.0. The minimum atomic E-state index is -0.801. The fourth-order valence-corrected chi connectivity index (χ4v) is 4.84. The molecule has 1 aliphatic rings. The molecule has 1 fully saturated rings. The quantitative estimate of drug-likeness (QED) is 0.278. The van der Waals surface area contributed by atoms with Crippen molar-refractivity contribution in [2.75, 3.05) is 13.1 Å². The number of carboxylic acids is 1. The lowest BCUT2D eigenvalue weighted by Crippen LogP contribution is -2.48. The number of rotatable bonds is 8. The van der Waals surface area contributed by atoms with Gasteiger partial charge in [-0.2, -0.15) is 0 Å². The van der Waals surface area contributed by atoms with Crippen LogP contribution < -0.4 is 0 Å². The van der Waals surface area contributed by atoms with Gasteiger partial charge >= 0.3 is 5.97 Å². The van der Waals surface area contributed by atoms with Crippen LogP contribution in [0.1, 0.15) is 47.1 Å². The molecule has 0 spiro atoms. The van der Waals surface area contributed by atoms with E-state index in [-0.39, 0.29) is 18.2 Å². The van der Waals surface area contributed by atoms with E-state index < -0.39 is 5.97 Å². The fourth-order valence-electron chi connectivity index (χ4n) is 4.84. The topological polar surface area (TPSA) is 109 Å². The number of carboxylic acid groups (broad SMARTS) is 1. The number of para-hydroxylation sites is 2. The number of hydrogen-bond acceptors (Lipinski definition) is 6. The first kappa shape index (κ1) is 23.8.